The van der Waals surface area contributed by atoms with Crippen LogP contribution in [0, 0.1) is 36.1 Å². The van der Waals surface area contributed by atoms with Crippen LogP contribution < -0.4 is 52.6 Å². The number of halogens is 7. The van der Waals surface area contributed by atoms with Gasteiger partial charge in [-0.15, -0.1) is 0 Å². The number of anilines is 6. The van der Waals surface area contributed by atoms with E-state index >= 15 is 13.2 Å². The van der Waals surface area contributed by atoms with E-state index in [1.165, 1.54) is 43.0 Å². The lowest BCUT2D eigenvalue weighted by Gasteiger charge is -2.41. The molecule has 3 aromatic heterocycles. The highest BCUT2D eigenvalue weighted by molar-refractivity contribution is 5.76. The first-order valence-corrected chi connectivity index (χ1v) is 32.9. The van der Waals surface area contributed by atoms with Crippen LogP contribution in [0.4, 0.5) is 65.6 Å². The molecule has 3 aliphatic rings. The predicted molar refractivity (Wildman–Crippen MR) is 372 cm³/mol. The minimum atomic E-state index is -4.85. The van der Waals surface area contributed by atoms with Gasteiger partial charge in [-0.3, -0.25) is 29.1 Å². The van der Waals surface area contributed by atoms with Gasteiger partial charge in [-0.05, 0) is 94.0 Å². The lowest BCUT2D eigenvalue weighted by Crippen LogP contribution is -2.59. The number of benzene rings is 3. The van der Waals surface area contributed by atoms with E-state index in [1.807, 2.05) is 29.2 Å². The lowest BCUT2D eigenvalue weighted by molar-refractivity contribution is -0.258. The largest absolute Gasteiger partial charge is 0.497 e. The summed E-state index contributed by atoms with van der Waals surface area (Å²) in [5.41, 5.74) is 11.8. The van der Waals surface area contributed by atoms with Crippen molar-refractivity contribution in [1.82, 2.24) is 44.6 Å². The summed E-state index contributed by atoms with van der Waals surface area (Å²) in [7, 11) is 3.36. The normalized spacial score (nSPS) is 20.7. The fraction of sp³-hybridized carbons (Fsp3) is 0.515. The van der Waals surface area contributed by atoms with Gasteiger partial charge in [0.2, 0.25) is 35.2 Å². The Morgan fingerprint density at radius 3 is 1.57 bits per heavy atom. The van der Waals surface area contributed by atoms with E-state index in [4.69, 9.17) is 21.9 Å². The van der Waals surface area contributed by atoms with Gasteiger partial charge in [0.15, 0.2) is 40.5 Å². The standard InChI is InChI=1S/C24H32F4N6O4.C22H30F2N6O3.C21H29FN6O3.CH4/c1-3-34(10-15-4-6-16(7-5-15)22(2,37)24(26,27)28)21-19(25)20(31-14-32-21)30-13-23(38)8-9-33(11-17(23)35)12-18(29)36;1-3-30(9-15-5-4-14(2)8-16(15)23)21-19(24)20(27-13-28-21)26-12-22(33)6-7-29(10-17(22)31)11-18(25)32;1-27(10-14-4-3-5-16(8-14)31-2)21-19(22)20(25-13-26-21)24-9-15-6-7-28(11-17(15)29)12-18(23)30;/h4-7,14,17,35,37-38H,3,8-13H2,1-2H3,(H2,29,36)(H,30,31,32);4-5,8,13,17,31,33H,3,6-7,9-12H2,1-2H3,(H2,25,32)(H,26,27,28);3-5,8,13,15,17,29H,6-7,9-12H2,1-2H3,(H2,23,30)(H,24,25,26);1H4/t17-,22?,23-;17-,22+;15-,17+;/m111./s1. The number of methoxy groups -OCH3 is 1. The number of piperidine rings is 3. The second-order valence-electron chi connectivity index (χ2n) is 25.7. The monoisotopic (exact) mass is 1460 g/mol. The number of carbonyl (C=O) groups excluding carboxylic acids is 3. The summed E-state index contributed by atoms with van der Waals surface area (Å²) < 4.78 is 104. The molecule has 566 valence electrons. The van der Waals surface area contributed by atoms with Gasteiger partial charge in [-0.1, -0.05) is 56.0 Å². The molecule has 3 fully saturated rings. The summed E-state index contributed by atoms with van der Waals surface area (Å²) >= 11 is 0. The van der Waals surface area contributed by atoms with Gasteiger partial charge >= 0.3 is 6.18 Å². The van der Waals surface area contributed by atoms with E-state index in [0.29, 0.717) is 76.8 Å². The number of hydrogen-bond acceptors (Lipinski definition) is 25. The number of nitrogens with two attached hydrogens (primary N) is 3. The SMILES string of the molecule is C.CCN(Cc1ccc(C(C)(O)C(F)(F)F)cc1)c1ncnc(NC[C@]2(O)CCN(CC(N)=O)C[C@H]2O)c1F.CCN(Cc1ccc(C)cc1F)c1ncnc(NC[C@@]2(O)CCN(CC(N)=O)C[C@H]2O)c1F.COc1cccc(CN(C)c2ncnc(NC[C@H]3CCN(CC(N)=O)C[C@@H]3O)c2F)c1. The molecule has 0 aliphatic carbocycles. The van der Waals surface area contributed by atoms with Gasteiger partial charge in [0.05, 0.1) is 45.1 Å². The summed E-state index contributed by atoms with van der Waals surface area (Å²) in [6, 6.07) is 17.6. The van der Waals surface area contributed by atoms with Gasteiger partial charge < -0.3 is 83.2 Å². The van der Waals surface area contributed by atoms with Crippen molar-refractivity contribution in [3.8, 4) is 5.75 Å². The Labute approximate surface area is 593 Å². The third-order valence-corrected chi connectivity index (χ3v) is 18.0. The van der Waals surface area contributed by atoms with Crippen LogP contribution in [-0.4, -0.2) is 234 Å². The molecule has 0 saturated carbocycles. The number of aliphatic hydroxyl groups excluding tert-OH is 3. The van der Waals surface area contributed by atoms with Crippen molar-refractivity contribution in [2.24, 2.45) is 23.1 Å². The molecule has 0 radical (unpaired) electrons. The lowest BCUT2D eigenvalue weighted by atomic mass is 9.88. The van der Waals surface area contributed by atoms with E-state index in [1.54, 1.807) is 71.6 Å². The van der Waals surface area contributed by atoms with Crippen LogP contribution in [-0.2, 0) is 39.6 Å². The highest BCUT2D eigenvalue weighted by atomic mass is 19.4. The van der Waals surface area contributed by atoms with Crippen molar-refractivity contribution in [1.29, 1.82) is 0 Å². The molecular weight excluding hydrogens is 1360 g/mol. The minimum absolute atomic E-state index is 0. The van der Waals surface area contributed by atoms with Crippen LogP contribution in [0.3, 0.4) is 0 Å². The van der Waals surface area contributed by atoms with E-state index in [-0.39, 0.29) is 131 Å². The van der Waals surface area contributed by atoms with E-state index in [2.05, 4.69) is 45.9 Å². The number of primary amides is 3. The van der Waals surface area contributed by atoms with Crippen molar-refractivity contribution in [3.63, 3.8) is 0 Å². The molecular formula is C68H95F7N18O10. The average molecular weight is 1460 g/mol. The summed E-state index contributed by atoms with van der Waals surface area (Å²) in [5, 5.41) is 71.2. The predicted octanol–water partition coefficient (Wildman–Crippen LogP) is 3.37. The molecule has 3 saturated heterocycles. The first kappa shape index (κ1) is 83.0. The number of aromatic nitrogens is 6. The van der Waals surface area contributed by atoms with Gasteiger partial charge in [-0.25, -0.2) is 34.3 Å². The summed E-state index contributed by atoms with van der Waals surface area (Å²) in [6.07, 6.45) is -3.32. The van der Waals surface area contributed by atoms with Crippen LogP contribution >= 0.6 is 0 Å². The number of nitrogens with zero attached hydrogens (tertiary/aromatic N) is 12. The molecule has 0 spiro atoms. The minimum Gasteiger partial charge on any atom is -0.497 e. The number of nitrogens with one attached hydrogen (secondary N) is 3. The second-order valence-corrected chi connectivity index (χ2v) is 25.7. The maximum Gasteiger partial charge on any atom is 0.421 e. The van der Waals surface area contributed by atoms with Gasteiger partial charge in [-0.2, -0.15) is 26.3 Å². The number of amides is 3. The number of hydrogen-bond donors (Lipinski definition) is 12. The smallest absolute Gasteiger partial charge is 0.421 e. The van der Waals surface area contributed by atoms with Crippen molar-refractivity contribution in [2.75, 3.05) is 136 Å². The zero-order chi connectivity index (χ0) is 74.9. The van der Waals surface area contributed by atoms with Crippen molar-refractivity contribution >= 4 is 52.6 Å². The number of alkyl halides is 3. The summed E-state index contributed by atoms with van der Waals surface area (Å²) in [4.78, 5) is 67.2. The molecule has 6 aromatic rings. The van der Waals surface area contributed by atoms with Crippen LogP contribution in [0.15, 0.2) is 85.7 Å². The Kier molecular flexibility index (Phi) is 29.8. The topological polar surface area (TPSA) is 393 Å². The van der Waals surface area contributed by atoms with Crippen molar-refractivity contribution in [2.45, 2.75) is 115 Å². The maximum absolute atomic E-state index is 15.4. The third kappa shape index (κ3) is 22.5. The fourth-order valence-electron chi connectivity index (χ4n) is 11.8. The molecule has 1 unspecified atom stereocenters. The van der Waals surface area contributed by atoms with E-state index in [0.717, 1.165) is 23.2 Å². The Bertz CT molecular complexity index is 3770. The Balaban J connectivity index is 0.000000243. The zero-order valence-corrected chi connectivity index (χ0v) is 57.6. The number of aryl methyl sites for hydroxylation is 1. The Hall–Kier alpha value is -8.94. The molecule has 3 aliphatic heterocycles. The molecule has 103 heavy (non-hydrogen) atoms. The van der Waals surface area contributed by atoms with Crippen molar-refractivity contribution < 1.29 is 80.5 Å². The molecule has 9 rings (SSSR count). The quantitative estimate of drug-likeness (QED) is 0.0313. The first-order chi connectivity index (χ1) is 48.2. The maximum atomic E-state index is 15.4. The van der Waals surface area contributed by atoms with Gasteiger partial charge in [0, 0.05) is 104 Å². The number of rotatable bonds is 28. The number of β-amino-alcohol motifs (C(OH)–C–C–N with tert-alkyl or cyclic N) is 3. The number of carbonyl (C=O) groups is 3. The first-order valence-electron chi connectivity index (χ1n) is 32.9. The molecule has 3 aromatic carbocycles. The number of ether oxygens (including phenoxy) is 1. The Morgan fingerprint density at radius 2 is 1.12 bits per heavy atom. The van der Waals surface area contributed by atoms with Crippen LogP contribution in [0.25, 0.3) is 0 Å². The molecule has 6 heterocycles. The van der Waals surface area contributed by atoms with Gasteiger partial charge in [0.1, 0.15) is 41.8 Å². The van der Waals surface area contributed by atoms with Crippen LogP contribution in [0.1, 0.15) is 75.3 Å². The average Bonchev–Trinajstić information content (AvgIpc) is 0.806. The number of likely N-dealkylation sites (tertiary alicyclic amines) is 3. The molecule has 28 nitrogen and oxygen atoms in total. The van der Waals surface area contributed by atoms with Crippen LogP contribution in [0.5, 0.6) is 5.75 Å². The van der Waals surface area contributed by atoms with Crippen LogP contribution in [0.2, 0.25) is 0 Å². The zero-order valence-electron chi connectivity index (χ0n) is 57.6. The summed E-state index contributed by atoms with van der Waals surface area (Å²) in [6.45, 7) is 9.12. The van der Waals surface area contributed by atoms with E-state index in [9.17, 15) is 62.6 Å². The Morgan fingerprint density at radius 1 is 0.641 bits per heavy atom. The third-order valence-electron chi connectivity index (χ3n) is 18.0. The summed E-state index contributed by atoms with van der Waals surface area (Å²) in [5.74, 6) is -3.46. The second kappa shape index (κ2) is 37.0. The molecule has 3 amide bonds. The molecule has 7 atom stereocenters. The van der Waals surface area contributed by atoms with E-state index < -0.39 is 76.5 Å². The van der Waals surface area contributed by atoms with Crippen molar-refractivity contribution in [3.05, 3.63) is 137 Å². The molecule has 0 bridgehead atoms. The molecule has 15 N–H and O–H groups in total. The highest BCUT2D eigenvalue weighted by Gasteiger charge is 2.51. The highest BCUT2D eigenvalue weighted by Crippen LogP contribution is 2.39. The molecule has 35 heteroatoms. The van der Waals surface area contributed by atoms with Gasteiger partial charge in [0.25, 0.3) is 0 Å². The fourth-order valence-corrected chi connectivity index (χ4v) is 11.8. The number of aliphatic hydroxyl groups is 6.